The number of para-hydroxylation sites is 2. The molecule has 0 unspecified atom stereocenters. The number of methoxy groups -OCH3 is 1. The van der Waals surface area contributed by atoms with Gasteiger partial charge in [0.1, 0.15) is 6.61 Å². The molecule has 0 spiro atoms. The Balaban J connectivity index is 1.18. The lowest BCUT2D eigenvalue weighted by molar-refractivity contribution is -0.118. The topological polar surface area (TPSA) is 47.6 Å². The molecule has 5 heteroatoms. The van der Waals surface area contributed by atoms with Gasteiger partial charge in [0.05, 0.1) is 19.4 Å². The largest absolute Gasteiger partial charge is 0.493 e. The molecule has 4 fully saturated rings. The second-order valence-corrected chi connectivity index (χ2v) is 9.68. The van der Waals surface area contributed by atoms with Crippen LogP contribution in [0.15, 0.2) is 24.3 Å². The summed E-state index contributed by atoms with van der Waals surface area (Å²) in [5.74, 6) is 4.96. The highest BCUT2D eigenvalue weighted by Gasteiger charge is 2.51. The molecule has 0 aliphatic heterocycles. The number of amides is 1. The van der Waals surface area contributed by atoms with Gasteiger partial charge in [-0.25, -0.2) is 0 Å². The average molecular weight is 376 g/mol. The van der Waals surface area contributed by atoms with Crippen molar-refractivity contribution in [3.8, 4) is 11.5 Å². The molecule has 0 heterocycles. The maximum absolute atomic E-state index is 12.3. The van der Waals surface area contributed by atoms with Gasteiger partial charge < -0.3 is 14.8 Å². The monoisotopic (exact) mass is 375 g/mol. The van der Waals surface area contributed by atoms with Crippen molar-refractivity contribution in [3.05, 3.63) is 24.3 Å². The molecule has 0 atom stereocenters. The van der Waals surface area contributed by atoms with Gasteiger partial charge in [0.15, 0.2) is 11.5 Å². The number of hydrogen-bond donors (Lipinski definition) is 1. The number of thioether (sulfide) groups is 1. The number of benzene rings is 1. The minimum atomic E-state index is 0.134. The van der Waals surface area contributed by atoms with Crippen LogP contribution in [0, 0.1) is 17.8 Å². The van der Waals surface area contributed by atoms with E-state index >= 15 is 0 Å². The summed E-state index contributed by atoms with van der Waals surface area (Å²) in [6, 6.07) is 7.58. The van der Waals surface area contributed by atoms with Crippen LogP contribution in [0.5, 0.6) is 11.5 Å². The van der Waals surface area contributed by atoms with Crippen molar-refractivity contribution in [1.29, 1.82) is 0 Å². The highest BCUT2D eigenvalue weighted by atomic mass is 32.2. The van der Waals surface area contributed by atoms with E-state index < -0.39 is 0 Å². The summed E-state index contributed by atoms with van der Waals surface area (Å²) >= 11 is 1.93. The van der Waals surface area contributed by atoms with Crippen LogP contribution in [-0.2, 0) is 4.79 Å². The van der Waals surface area contributed by atoms with E-state index in [1.165, 1.54) is 38.5 Å². The van der Waals surface area contributed by atoms with Crippen LogP contribution in [0.3, 0.4) is 0 Å². The van der Waals surface area contributed by atoms with E-state index in [1.54, 1.807) is 7.11 Å². The normalized spacial score (nSPS) is 31.7. The molecule has 1 aromatic rings. The first-order valence-corrected chi connectivity index (χ1v) is 10.8. The summed E-state index contributed by atoms with van der Waals surface area (Å²) in [6.45, 7) is 0.979. The molecular weight excluding hydrogens is 346 g/mol. The van der Waals surface area contributed by atoms with Crippen LogP contribution in [0.2, 0.25) is 0 Å². The first-order chi connectivity index (χ1) is 12.7. The molecule has 4 saturated carbocycles. The molecule has 0 radical (unpaired) electrons. The Labute approximate surface area is 160 Å². The highest BCUT2D eigenvalue weighted by molar-refractivity contribution is 8.01. The molecule has 0 saturated heterocycles. The minimum absolute atomic E-state index is 0.134. The van der Waals surface area contributed by atoms with Crippen molar-refractivity contribution in [2.75, 3.05) is 26.0 Å². The standard InChI is InChI=1S/C21H29NO3S/c1-24-18-4-2-3-5-19(18)25-7-6-22-20(23)14-26-21-11-15-8-16(12-21)10-17(9-15)13-21/h2-5,15-17H,6-14H2,1H3,(H,22,23). The Kier molecular flexibility index (Phi) is 5.35. The molecule has 4 bridgehead atoms. The van der Waals surface area contributed by atoms with E-state index in [0.717, 1.165) is 23.5 Å². The van der Waals surface area contributed by atoms with Gasteiger partial charge in [0.25, 0.3) is 0 Å². The first-order valence-electron chi connectivity index (χ1n) is 9.82. The zero-order valence-electron chi connectivity index (χ0n) is 15.5. The van der Waals surface area contributed by atoms with Gasteiger partial charge in [-0.2, -0.15) is 0 Å². The Morgan fingerprint density at radius 2 is 1.73 bits per heavy atom. The number of rotatable bonds is 8. The molecule has 4 aliphatic carbocycles. The maximum Gasteiger partial charge on any atom is 0.230 e. The van der Waals surface area contributed by atoms with Crippen molar-refractivity contribution < 1.29 is 14.3 Å². The third-order valence-corrected chi connectivity index (χ3v) is 7.76. The van der Waals surface area contributed by atoms with Gasteiger partial charge in [-0.15, -0.1) is 11.8 Å². The fourth-order valence-corrected chi connectivity index (χ4v) is 7.17. The van der Waals surface area contributed by atoms with E-state index in [0.29, 0.717) is 29.4 Å². The molecule has 4 nitrogen and oxygen atoms in total. The lowest BCUT2D eigenvalue weighted by Crippen LogP contribution is -2.49. The third-order valence-electron chi connectivity index (χ3n) is 6.24. The summed E-state index contributed by atoms with van der Waals surface area (Å²) in [7, 11) is 1.63. The highest BCUT2D eigenvalue weighted by Crippen LogP contribution is 2.60. The zero-order chi connectivity index (χ0) is 18.0. The number of carbonyl (C=O) groups excluding carboxylic acids is 1. The lowest BCUT2D eigenvalue weighted by atomic mass is 9.56. The van der Waals surface area contributed by atoms with E-state index in [-0.39, 0.29) is 5.91 Å². The predicted octanol–water partition coefficient (Wildman–Crippen LogP) is 3.89. The van der Waals surface area contributed by atoms with E-state index in [2.05, 4.69) is 5.32 Å². The van der Waals surface area contributed by atoms with Crippen LogP contribution < -0.4 is 14.8 Å². The van der Waals surface area contributed by atoms with Gasteiger partial charge >= 0.3 is 0 Å². The van der Waals surface area contributed by atoms with Crippen molar-refractivity contribution in [2.45, 2.75) is 43.3 Å². The second-order valence-electron chi connectivity index (χ2n) is 8.24. The molecule has 1 amide bonds. The molecule has 5 rings (SSSR count). The van der Waals surface area contributed by atoms with Crippen LogP contribution >= 0.6 is 11.8 Å². The number of nitrogens with one attached hydrogen (secondary N) is 1. The quantitative estimate of drug-likeness (QED) is 0.700. The summed E-state index contributed by atoms with van der Waals surface area (Å²) < 4.78 is 11.4. The fourth-order valence-electron chi connectivity index (χ4n) is 5.57. The molecule has 4 aliphatic rings. The van der Waals surface area contributed by atoms with Crippen LogP contribution in [0.1, 0.15) is 38.5 Å². The molecule has 0 aromatic heterocycles. The van der Waals surface area contributed by atoms with Crippen LogP contribution in [-0.4, -0.2) is 36.7 Å². The van der Waals surface area contributed by atoms with Crippen molar-refractivity contribution in [3.63, 3.8) is 0 Å². The molecular formula is C21H29NO3S. The summed E-state index contributed by atoms with van der Waals surface area (Å²) in [5, 5.41) is 3.00. The molecule has 142 valence electrons. The fraction of sp³-hybridized carbons (Fsp3) is 0.667. The lowest BCUT2D eigenvalue weighted by Gasteiger charge is -2.56. The zero-order valence-corrected chi connectivity index (χ0v) is 16.4. The van der Waals surface area contributed by atoms with E-state index in [9.17, 15) is 4.79 Å². The van der Waals surface area contributed by atoms with E-state index in [1.807, 2.05) is 36.0 Å². The molecule has 26 heavy (non-hydrogen) atoms. The number of hydrogen-bond acceptors (Lipinski definition) is 4. The summed E-state index contributed by atoms with van der Waals surface area (Å²) in [5.41, 5.74) is 0. The van der Waals surface area contributed by atoms with E-state index in [4.69, 9.17) is 9.47 Å². The SMILES string of the molecule is COc1ccccc1OCCNC(=O)CSC12CC3CC(CC(C3)C1)C2. The van der Waals surface area contributed by atoms with Gasteiger partial charge in [-0.1, -0.05) is 12.1 Å². The van der Waals surface area contributed by atoms with Crippen molar-refractivity contribution in [1.82, 2.24) is 5.32 Å². The van der Waals surface area contributed by atoms with Gasteiger partial charge in [0, 0.05) is 4.75 Å². The molecule has 1 aromatic carbocycles. The first kappa shape index (κ1) is 18.0. The Bertz CT molecular complexity index is 613. The van der Waals surface area contributed by atoms with Gasteiger partial charge in [0.2, 0.25) is 5.91 Å². The number of ether oxygens (including phenoxy) is 2. The van der Waals surface area contributed by atoms with Crippen molar-refractivity contribution >= 4 is 17.7 Å². The predicted molar refractivity (Wildman–Crippen MR) is 105 cm³/mol. The second kappa shape index (κ2) is 7.71. The van der Waals surface area contributed by atoms with Gasteiger partial charge in [-0.05, 0) is 68.4 Å². The average Bonchev–Trinajstić information content (AvgIpc) is 2.63. The van der Waals surface area contributed by atoms with Crippen LogP contribution in [0.4, 0.5) is 0 Å². The summed E-state index contributed by atoms with van der Waals surface area (Å²) in [6.07, 6.45) is 8.38. The molecule has 1 N–H and O–H groups in total. The summed E-state index contributed by atoms with van der Waals surface area (Å²) in [4.78, 5) is 12.3. The van der Waals surface area contributed by atoms with Crippen molar-refractivity contribution in [2.24, 2.45) is 17.8 Å². The minimum Gasteiger partial charge on any atom is -0.493 e. The Morgan fingerprint density at radius 3 is 2.35 bits per heavy atom. The smallest absolute Gasteiger partial charge is 0.230 e. The maximum atomic E-state index is 12.3. The Hall–Kier alpha value is -1.36. The van der Waals surface area contributed by atoms with Crippen LogP contribution in [0.25, 0.3) is 0 Å². The van der Waals surface area contributed by atoms with Gasteiger partial charge in [-0.3, -0.25) is 4.79 Å². The third kappa shape index (κ3) is 3.98. The Morgan fingerprint density at radius 1 is 1.12 bits per heavy atom. The number of carbonyl (C=O) groups is 1.